The lowest BCUT2D eigenvalue weighted by molar-refractivity contribution is 0.254. The van der Waals surface area contributed by atoms with Crippen LogP contribution in [0.25, 0.3) is 21.5 Å². The molecule has 0 aliphatic carbocycles. The lowest BCUT2D eigenvalue weighted by Crippen LogP contribution is -2.26. The number of benzene rings is 3. The third kappa shape index (κ3) is 8.38. The molecule has 0 aliphatic rings. The summed E-state index contributed by atoms with van der Waals surface area (Å²) >= 11 is 0. The first kappa shape index (κ1) is 25.6. The predicted octanol–water partition coefficient (Wildman–Crippen LogP) is 5.42. The number of nitrogens with one attached hydrogen (secondary N) is 1. The van der Waals surface area contributed by atoms with Gasteiger partial charge in [-0.2, -0.15) is 0 Å². The van der Waals surface area contributed by atoms with Gasteiger partial charge in [0.2, 0.25) is 0 Å². The molecule has 33 heavy (non-hydrogen) atoms. The van der Waals surface area contributed by atoms with Crippen LogP contribution in [-0.4, -0.2) is 44.2 Å². The quantitative estimate of drug-likeness (QED) is 0.190. The van der Waals surface area contributed by atoms with Crippen molar-refractivity contribution < 1.29 is 0 Å². The van der Waals surface area contributed by atoms with Crippen molar-refractivity contribution in [1.82, 2.24) is 10.2 Å². The molecule has 4 heteroatoms. The summed E-state index contributed by atoms with van der Waals surface area (Å²) in [6.45, 7) is 7.14. The van der Waals surface area contributed by atoms with Crippen LogP contribution in [0.4, 0.5) is 0 Å². The molecule has 0 bridgehead atoms. The Morgan fingerprint density at radius 2 is 1.12 bits per heavy atom. The van der Waals surface area contributed by atoms with Crippen molar-refractivity contribution in [2.75, 3.05) is 39.3 Å². The molecular formula is C29H44N4. The van der Waals surface area contributed by atoms with E-state index in [0.29, 0.717) is 0 Å². The van der Waals surface area contributed by atoms with Gasteiger partial charge in [-0.15, -0.1) is 0 Å². The number of fused-ring (bicyclic) bond motifs is 2. The van der Waals surface area contributed by atoms with E-state index in [1.54, 1.807) is 0 Å². The van der Waals surface area contributed by atoms with E-state index < -0.39 is 0 Å². The van der Waals surface area contributed by atoms with Crippen molar-refractivity contribution in [1.29, 1.82) is 0 Å². The zero-order chi connectivity index (χ0) is 23.1. The van der Waals surface area contributed by atoms with Gasteiger partial charge >= 0.3 is 0 Å². The third-order valence-corrected chi connectivity index (χ3v) is 6.58. The van der Waals surface area contributed by atoms with Crippen molar-refractivity contribution in [3.8, 4) is 0 Å². The normalized spacial score (nSPS) is 11.7. The SMILES string of the molecule is NCCCCCN(CCCCCNCCCCN)Cc1c2ccccc2cc2ccccc12. The Labute approximate surface area is 200 Å². The average Bonchev–Trinajstić information content (AvgIpc) is 2.85. The van der Waals surface area contributed by atoms with Crippen LogP contribution in [0, 0.1) is 0 Å². The maximum absolute atomic E-state index is 5.73. The number of hydrogen-bond donors (Lipinski definition) is 3. The first-order valence-electron chi connectivity index (χ1n) is 13.1. The summed E-state index contributed by atoms with van der Waals surface area (Å²) in [5.74, 6) is 0. The van der Waals surface area contributed by atoms with Crippen molar-refractivity contribution in [3.05, 3.63) is 60.2 Å². The molecule has 3 aromatic carbocycles. The van der Waals surface area contributed by atoms with Crippen LogP contribution in [-0.2, 0) is 6.54 Å². The molecule has 3 rings (SSSR count). The van der Waals surface area contributed by atoms with Gasteiger partial charge in [0, 0.05) is 6.54 Å². The van der Waals surface area contributed by atoms with E-state index in [0.717, 1.165) is 58.7 Å². The minimum absolute atomic E-state index is 0.798. The highest BCUT2D eigenvalue weighted by Crippen LogP contribution is 2.29. The van der Waals surface area contributed by atoms with Crippen molar-refractivity contribution in [3.63, 3.8) is 0 Å². The summed E-state index contributed by atoms with van der Waals surface area (Å²) in [7, 11) is 0. The van der Waals surface area contributed by atoms with Gasteiger partial charge in [0.05, 0.1) is 0 Å². The Kier molecular flexibility index (Phi) is 11.7. The van der Waals surface area contributed by atoms with Crippen LogP contribution < -0.4 is 16.8 Å². The van der Waals surface area contributed by atoms with Crippen molar-refractivity contribution in [2.45, 2.75) is 57.9 Å². The molecular weight excluding hydrogens is 404 g/mol. The highest BCUT2D eigenvalue weighted by Gasteiger charge is 2.12. The monoisotopic (exact) mass is 448 g/mol. The average molecular weight is 449 g/mol. The fraction of sp³-hybridized carbons (Fsp3) is 0.517. The number of rotatable bonds is 17. The molecule has 0 atom stereocenters. The third-order valence-electron chi connectivity index (χ3n) is 6.58. The fourth-order valence-electron chi connectivity index (χ4n) is 4.71. The zero-order valence-corrected chi connectivity index (χ0v) is 20.4. The van der Waals surface area contributed by atoms with E-state index in [1.165, 1.54) is 65.6 Å². The summed E-state index contributed by atoms with van der Waals surface area (Å²) in [6.07, 6.45) is 9.66. The summed E-state index contributed by atoms with van der Waals surface area (Å²) in [4.78, 5) is 2.68. The Hall–Kier alpha value is -1.98. The second kappa shape index (κ2) is 15.0. The van der Waals surface area contributed by atoms with E-state index in [2.05, 4.69) is 64.8 Å². The van der Waals surface area contributed by atoms with Crippen LogP contribution in [0.5, 0.6) is 0 Å². The Bertz CT molecular complexity index is 885. The number of nitrogens with zero attached hydrogens (tertiary/aromatic N) is 1. The smallest absolute Gasteiger partial charge is 0.0246 e. The fourth-order valence-corrected chi connectivity index (χ4v) is 4.71. The molecule has 180 valence electrons. The largest absolute Gasteiger partial charge is 0.330 e. The van der Waals surface area contributed by atoms with Crippen molar-refractivity contribution in [2.24, 2.45) is 11.5 Å². The maximum atomic E-state index is 5.73. The molecule has 0 heterocycles. The molecule has 3 aromatic rings. The van der Waals surface area contributed by atoms with E-state index in [1.807, 2.05) is 0 Å². The molecule has 0 spiro atoms. The van der Waals surface area contributed by atoms with E-state index in [9.17, 15) is 0 Å². The molecule has 0 saturated heterocycles. The van der Waals surface area contributed by atoms with Crippen LogP contribution in [0.3, 0.4) is 0 Å². The molecule has 0 radical (unpaired) electrons. The van der Waals surface area contributed by atoms with Gasteiger partial charge in [0.1, 0.15) is 0 Å². The van der Waals surface area contributed by atoms with Crippen molar-refractivity contribution >= 4 is 21.5 Å². The molecule has 0 unspecified atom stereocenters. The summed E-state index contributed by atoms with van der Waals surface area (Å²) < 4.78 is 0. The molecule has 5 N–H and O–H groups in total. The minimum Gasteiger partial charge on any atom is -0.330 e. The van der Waals surface area contributed by atoms with Gasteiger partial charge in [-0.05, 0) is 111 Å². The predicted molar refractivity (Wildman–Crippen MR) is 145 cm³/mol. The first-order valence-corrected chi connectivity index (χ1v) is 13.1. The van der Waals surface area contributed by atoms with Gasteiger partial charge in [0.25, 0.3) is 0 Å². The van der Waals surface area contributed by atoms with E-state index in [4.69, 9.17) is 11.5 Å². The van der Waals surface area contributed by atoms with Crippen LogP contribution in [0.2, 0.25) is 0 Å². The number of hydrogen-bond acceptors (Lipinski definition) is 4. The molecule has 0 saturated carbocycles. The lowest BCUT2D eigenvalue weighted by Gasteiger charge is -2.24. The molecule has 0 fully saturated rings. The van der Waals surface area contributed by atoms with Gasteiger partial charge in [0.15, 0.2) is 0 Å². The number of nitrogens with two attached hydrogens (primary N) is 2. The maximum Gasteiger partial charge on any atom is 0.0246 e. The minimum atomic E-state index is 0.798. The summed E-state index contributed by atoms with van der Waals surface area (Å²) in [5, 5.41) is 9.03. The molecule has 0 aliphatic heterocycles. The topological polar surface area (TPSA) is 67.3 Å². The highest BCUT2D eigenvalue weighted by molar-refractivity contribution is 6.02. The molecule has 4 nitrogen and oxygen atoms in total. The van der Waals surface area contributed by atoms with Crippen LogP contribution in [0.15, 0.2) is 54.6 Å². The Morgan fingerprint density at radius 3 is 1.73 bits per heavy atom. The van der Waals surface area contributed by atoms with Crippen LogP contribution >= 0.6 is 0 Å². The van der Waals surface area contributed by atoms with Gasteiger partial charge in [-0.25, -0.2) is 0 Å². The standard InChI is InChI=1S/C29H44N4/c30-17-7-1-11-21-33(22-12-2-9-19-32-20-10-8-18-31)24-29-27-15-5-3-13-25(27)23-26-14-4-6-16-28(26)29/h3-6,13-16,23,32H,1-2,7-12,17-22,24,30-31H2. The lowest BCUT2D eigenvalue weighted by atomic mass is 9.96. The van der Waals surface area contributed by atoms with Gasteiger partial charge in [-0.3, -0.25) is 4.90 Å². The second-order valence-electron chi connectivity index (χ2n) is 9.23. The molecule has 0 aromatic heterocycles. The molecule has 0 amide bonds. The van der Waals surface area contributed by atoms with E-state index in [-0.39, 0.29) is 0 Å². The summed E-state index contributed by atoms with van der Waals surface area (Å²) in [6, 6.07) is 20.1. The Balaban J connectivity index is 1.63. The van der Waals surface area contributed by atoms with E-state index >= 15 is 0 Å². The van der Waals surface area contributed by atoms with Gasteiger partial charge < -0.3 is 16.8 Å². The second-order valence-corrected chi connectivity index (χ2v) is 9.23. The Morgan fingerprint density at radius 1 is 0.606 bits per heavy atom. The zero-order valence-electron chi connectivity index (χ0n) is 20.4. The summed E-state index contributed by atoms with van der Waals surface area (Å²) in [5.41, 5.74) is 12.8. The van der Waals surface area contributed by atoms with Gasteiger partial charge in [-0.1, -0.05) is 61.4 Å². The number of unbranched alkanes of at least 4 members (excludes halogenated alkanes) is 5. The first-order chi connectivity index (χ1) is 16.3. The van der Waals surface area contributed by atoms with Crippen LogP contribution in [0.1, 0.15) is 56.9 Å². The highest BCUT2D eigenvalue weighted by atomic mass is 15.1.